The van der Waals surface area contributed by atoms with E-state index in [-0.39, 0.29) is 0 Å². The summed E-state index contributed by atoms with van der Waals surface area (Å²) < 4.78 is 6.25. The van der Waals surface area contributed by atoms with Gasteiger partial charge in [-0.05, 0) is 90.8 Å². The number of carbonyl (C=O) groups is 4. The van der Waals surface area contributed by atoms with Crippen molar-refractivity contribution in [1.82, 2.24) is 0 Å². The first-order valence-electron chi connectivity index (χ1n) is 23.5. The van der Waals surface area contributed by atoms with E-state index in [9.17, 15) is 19.2 Å². The summed E-state index contributed by atoms with van der Waals surface area (Å²) in [5.74, 6) is 0. The van der Waals surface area contributed by atoms with Crippen molar-refractivity contribution in [1.29, 1.82) is 0 Å². The summed E-state index contributed by atoms with van der Waals surface area (Å²) in [6.07, 6.45) is 3.86. The van der Waals surface area contributed by atoms with Gasteiger partial charge >= 0.3 is 0 Å². The van der Waals surface area contributed by atoms with Crippen molar-refractivity contribution >= 4 is 174 Å². The minimum Gasteiger partial charge on any atom is -0.297 e. The van der Waals surface area contributed by atoms with E-state index in [1.807, 2.05) is 69.6 Å². The summed E-state index contributed by atoms with van der Waals surface area (Å²) in [5.41, 5.74) is 0. The van der Waals surface area contributed by atoms with Gasteiger partial charge in [-0.1, -0.05) is 125 Å². The molecular weight excluding hydrogens is 1090 g/mol. The Hall–Kier alpha value is -2.64. The molecule has 0 radical (unpaired) electrons. The van der Waals surface area contributed by atoms with Crippen LogP contribution in [-0.4, -0.2) is 65.5 Å². The summed E-state index contributed by atoms with van der Waals surface area (Å²) in [6.45, 7) is 20.9. The normalized spacial score (nSPS) is 12.8. The van der Waals surface area contributed by atoms with Gasteiger partial charge in [-0.15, -0.1) is 90.7 Å². The first kappa shape index (κ1) is 52.7. The van der Waals surface area contributed by atoms with Crippen LogP contribution >= 0.6 is 90.7 Å². The van der Waals surface area contributed by atoms with Gasteiger partial charge in [-0.3, -0.25) is 19.2 Å². The van der Waals surface area contributed by atoms with Gasteiger partial charge in [0, 0.05) is 39.0 Å². The molecule has 0 N–H and O–H groups in total. The molecular formula is C52H60O4S8Si5. The van der Waals surface area contributed by atoms with E-state index in [0.29, 0.717) is 0 Å². The lowest BCUT2D eigenvalue weighted by Gasteiger charge is -2.40. The second-order valence-corrected chi connectivity index (χ2v) is 55.4. The molecule has 8 rings (SSSR count). The number of thiophene rings is 8. The van der Waals surface area contributed by atoms with E-state index < -0.39 is 40.4 Å². The highest BCUT2D eigenvalue weighted by Gasteiger charge is 2.42. The largest absolute Gasteiger partial charge is 0.297 e. The van der Waals surface area contributed by atoms with Crippen LogP contribution in [0.1, 0.15) is 38.7 Å². The van der Waals surface area contributed by atoms with E-state index in [0.717, 1.165) is 44.7 Å². The first-order valence-corrected chi connectivity index (χ1v) is 45.7. The Labute approximate surface area is 445 Å². The molecule has 0 saturated heterocycles. The fraction of sp³-hybridized carbons (Fsp3) is 0.308. The molecule has 0 aliphatic heterocycles. The SMILES string of the molecule is C[Si](C)(CC[Si](CC[Si](C)(C)c1ccc(-c2ccc(C=O)s2)s1)(CC[Si](C)(C)c1ccc(-c2ccc(C=O)s2)s1)CC[Si](C)(C)c1ccc(-c2ccc(C=O)s2)s1)c1ccc(-c2ccc(C=O)s2)s1. The third-order valence-corrected chi connectivity index (χ3v) is 49.7. The summed E-state index contributed by atoms with van der Waals surface area (Å²) in [5, 5.41) is 0. The Balaban J connectivity index is 1.13. The van der Waals surface area contributed by atoms with Gasteiger partial charge < -0.3 is 0 Å². The van der Waals surface area contributed by atoms with E-state index in [1.54, 1.807) is 63.3 Å². The third kappa shape index (κ3) is 12.4. The van der Waals surface area contributed by atoms with Crippen LogP contribution in [0.3, 0.4) is 0 Å². The Bertz CT molecular complexity index is 2650. The van der Waals surface area contributed by atoms with Crippen molar-refractivity contribution in [2.24, 2.45) is 0 Å². The molecule has 0 amide bonds. The molecule has 0 aliphatic rings. The van der Waals surface area contributed by atoms with Crippen LogP contribution in [-0.2, 0) is 0 Å². The standard InChI is InChI=1S/C52H60O4S8Si5/c1-65(2,49-21-17-45(61-49)41-13-9-37(33-53)57-41)25-29-69(30-26-66(3,4)50-22-18-46(62-50)42-14-10-38(34-54)58-42,31-27-67(5,6)51-23-19-47(63-51)43-15-11-39(35-55)59-43)32-28-68(7,8)52-24-20-48(64-52)44-16-12-40(36-56)60-44/h9-24,33-36H,25-32H2,1-8H3. The summed E-state index contributed by atoms with van der Waals surface area (Å²) in [7, 11) is -9.46. The molecule has 360 valence electrons. The average Bonchev–Trinajstić information content (AvgIpc) is 4.18. The van der Waals surface area contributed by atoms with E-state index >= 15 is 0 Å². The lowest BCUT2D eigenvalue weighted by atomic mass is 10.4. The zero-order valence-corrected chi connectivity index (χ0v) is 52.1. The van der Waals surface area contributed by atoms with E-state index in [4.69, 9.17) is 0 Å². The molecule has 4 nitrogen and oxygen atoms in total. The molecule has 0 fully saturated rings. The zero-order chi connectivity index (χ0) is 49.2. The first-order chi connectivity index (χ1) is 32.8. The molecule has 0 saturated carbocycles. The van der Waals surface area contributed by atoms with Crippen molar-refractivity contribution in [3.05, 3.63) is 117 Å². The molecule has 0 spiro atoms. The lowest BCUT2D eigenvalue weighted by Crippen LogP contribution is -2.49. The minimum atomic E-state index is -1.99. The Morgan fingerprint density at radius 2 is 0.464 bits per heavy atom. The third-order valence-electron chi connectivity index (χ3n) is 14.2. The molecule has 69 heavy (non-hydrogen) atoms. The van der Waals surface area contributed by atoms with Crippen molar-refractivity contribution in [2.75, 3.05) is 0 Å². The summed E-state index contributed by atoms with van der Waals surface area (Å²) >= 11 is 14.2. The topological polar surface area (TPSA) is 68.3 Å². The van der Waals surface area contributed by atoms with Crippen molar-refractivity contribution in [3.8, 4) is 39.0 Å². The van der Waals surface area contributed by atoms with Gasteiger partial charge in [-0.2, -0.15) is 0 Å². The van der Waals surface area contributed by atoms with Gasteiger partial charge in [0.15, 0.2) is 25.1 Å². The molecule has 0 aromatic carbocycles. The molecule has 8 aromatic heterocycles. The molecule has 8 heterocycles. The number of hydrogen-bond acceptors (Lipinski definition) is 12. The fourth-order valence-corrected chi connectivity index (χ4v) is 45.8. The maximum Gasteiger partial charge on any atom is 0.160 e. The highest BCUT2D eigenvalue weighted by molar-refractivity contribution is 7.33. The molecule has 0 bridgehead atoms. The Kier molecular flexibility index (Phi) is 16.7. The van der Waals surface area contributed by atoms with Crippen LogP contribution in [0.2, 0.25) is 101 Å². The number of carbonyl (C=O) groups excluding carboxylic acids is 4. The van der Waals surface area contributed by atoms with Crippen LogP contribution in [0.15, 0.2) is 97.1 Å². The van der Waals surface area contributed by atoms with Crippen LogP contribution in [0.25, 0.3) is 39.0 Å². The monoisotopic (exact) mass is 1140 g/mol. The highest BCUT2D eigenvalue weighted by atomic mass is 32.1. The van der Waals surface area contributed by atoms with Crippen LogP contribution in [0.5, 0.6) is 0 Å². The number of hydrogen-bond donors (Lipinski definition) is 0. The van der Waals surface area contributed by atoms with Crippen LogP contribution in [0.4, 0.5) is 0 Å². The smallest absolute Gasteiger partial charge is 0.160 e. The summed E-state index contributed by atoms with van der Waals surface area (Å²) in [6, 6.07) is 45.7. The minimum absolute atomic E-state index is 0.781. The van der Waals surface area contributed by atoms with Gasteiger partial charge in [0.1, 0.15) is 0 Å². The second-order valence-electron chi connectivity index (χ2n) is 21.0. The second kappa shape index (κ2) is 21.8. The summed E-state index contributed by atoms with van der Waals surface area (Å²) in [4.78, 5) is 59.4. The van der Waals surface area contributed by atoms with Gasteiger partial charge in [-0.25, -0.2) is 0 Å². The lowest BCUT2D eigenvalue weighted by molar-refractivity contribution is 0.111. The van der Waals surface area contributed by atoms with E-state index in [2.05, 4.69) is 125 Å². The Morgan fingerprint density at radius 3 is 0.652 bits per heavy atom. The van der Waals surface area contributed by atoms with Crippen molar-refractivity contribution in [3.63, 3.8) is 0 Å². The average molecular weight is 1150 g/mol. The quantitative estimate of drug-likeness (QED) is 0.0447. The maximum absolute atomic E-state index is 11.6. The Morgan fingerprint density at radius 1 is 0.275 bits per heavy atom. The molecule has 0 aliphatic carbocycles. The molecule has 0 unspecified atom stereocenters. The molecule has 0 atom stereocenters. The molecule has 17 heteroatoms. The highest BCUT2D eigenvalue weighted by Crippen LogP contribution is 2.43. The van der Waals surface area contributed by atoms with Gasteiger partial charge in [0.05, 0.1) is 59.9 Å². The number of aldehydes is 4. The van der Waals surface area contributed by atoms with Crippen molar-refractivity contribution in [2.45, 2.75) is 101 Å². The maximum atomic E-state index is 11.6. The molecule has 8 aromatic rings. The zero-order valence-electron chi connectivity index (χ0n) is 40.6. The van der Waals surface area contributed by atoms with Crippen LogP contribution < -0.4 is 18.0 Å². The predicted molar refractivity (Wildman–Crippen MR) is 325 cm³/mol. The van der Waals surface area contributed by atoms with Gasteiger partial charge in [0.2, 0.25) is 0 Å². The fourth-order valence-electron chi connectivity index (χ4n) is 9.08. The predicted octanol–water partition coefficient (Wildman–Crippen LogP) is 16.3. The van der Waals surface area contributed by atoms with E-state index in [1.165, 1.54) is 87.4 Å². The van der Waals surface area contributed by atoms with Crippen molar-refractivity contribution < 1.29 is 19.2 Å². The van der Waals surface area contributed by atoms with Crippen LogP contribution in [0, 0.1) is 0 Å². The number of rotatable bonds is 24. The van der Waals surface area contributed by atoms with Gasteiger partial charge in [0.25, 0.3) is 0 Å².